The fourth-order valence-corrected chi connectivity index (χ4v) is 3.38. The average molecular weight is 451 g/mol. The molecule has 2 aromatic heterocycles. The van der Waals surface area contributed by atoms with Crippen LogP contribution in [0.15, 0.2) is 64.6 Å². The van der Waals surface area contributed by atoms with Gasteiger partial charge in [0.15, 0.2) is 5.13 Å². The van der Waals surface area contributed by atoms with Gasteiger partial charge in [-0.1, -0.05) is 5.16 Å². The Morgan fingerprint density at radius 1 is 1.03 bits per heavy atom. The lowest BCUT2D eigenvalue weighted by Crippen LogP contribution is -2.13. The van der Waals surface area contributed by atoms with Crippen molar-refractivity contribution in [2.45, 2.75) is 19.3 Å². The molecule has 0 fully saturated rings. The molecule has 2 aromatic carbocycles. The molecule has 10 heteroatoms. The molecule has 2 N–H and O–H groups in total. The van der Waals surface area contributed by atoms with Crippen LogP contribution in [-0.4, -0.2) is 26.9 Å². The van der Waals surface area contributed by atoms with Crippen molar-refractivity contribution < 1.29 is 18.5 Å². The molecule has 2 heterocycles. The molecular formula is C22H18FN5O3S. The molecule has 0 aliphatic rings. The molecule has 4 rings (SSSR count). The minimum absolute atomic E-state index is 0.164. The normalized spacial score (nSPS) is 10.7. The Morgan fingerprint density at radius 3 is 2.53 bits per heavy atom. The van der Waals surface area contributed by atoms with Crippen molar-refractivity contribution in [1.82, 2.24) is 15.1 Å². The Bertz CT molecular complexity index is 1190. The van der Waals surface area contributed by atoms with Gasteiger partial charge < -0.3 is 9.84 Å². The van der Waals surface area contributed by atoms with Gasteiger partial charge in [0.25, 0.3) is 5.91 Å². The smallest absolute Gasteiger partial charge is 0.257 e. The molecule has 0 bridgehead atoms. The van der Waals surface area contributed by atoms with Gasteiger partial charge in [-0.15, -0.1) is 11.3 Å². The zero-order chi connectivity index (χ0) is 22.3. The number of aromatic nitrogens is 3. The fourth-order valence-electron chi connectivity index (χ4n) is 2.86. The Hall–Kier alpha value is -3.92. The van der Waals surface area contributed by atoms with Gasteiger partial charge in [0, 0.05) is 41.2 Å². The summed E-state index contributed by atoms with van der Waals surface area (Å²) in [6.45, 7) is 0. The number of amides is 2. The van der Waals surface area contributed by atoms with Gasteiger partial charge in [-0.05, 0) is 55.0 Å². The number of rotatable bonds is 8. The van der Waals surface area contributed by atoms with Crippen molar-refractivity contribution in [3.63, 3.8) is 0 Å². The Balaban J connectivity index is 1.23. The third-order valence-electron chi connectivity index (χ3n) is 4.45. The highest BCUT2D eigenvalue weighted by Crippen LogP contribution is 2.18. The second kappa shape index (κ2) is 9.92. The minimum atomic E-state index is -0.336. The number of thiazole rings is 1. The summed E-state index contributed by atoms with van der Waals surface area (Å²) >= 11 is 1.34. The second-order valence-electron chi connectivity index (χ2n) is 6.79. The number of carbonyl (C=O) groups excluding carboxylic acids is 2. The third-order valence-corrected chi connectivity index (χ3v) is 5.14. The van der Waals surface area contributed by atoms with E-state index in [9.17, 15) is 14.0 Å². The SMILES string of the molecule is O=C(CCCc1nc(-c2ccc(F)cc2)no1)Nc1ccc(C(=O)Nc2nccs2)cc1. The van der Waals surface area contributed by atoms with Crippen molar-refractivity contribution in [1.29, 1.82) is 0 Å². The first kappa shape index (κ1) is 21.3. The molecule has 162 valence electrons. The highest BCUT2D eigenvalue weighted by atomic mass is 32.1. The van der Waals surface area contributed by atoms with E-state index in [1.54, 1.807) is 48.0 Å². The van der Waals surface area contributed by atoms with E-state index in [0.29, 0.717) is 46.5 Å². The van der Waals surface area contributed by atoms with E-state index in [1.807, 2.05) is 0 Å². The molecule has 4 aromatic rings. The summed E-state index contributed by atoms with van der Waals surface area (Å²) in [6.07, 6.45) is 2.84. The van der Waals surface area contributed by atoms with Crippen molar-refractivity contribution in [2.75, 3.05) is 10.6 Å². The van der Waals surface area contributed by atoms with Crippen LogP contribution in [0.2, 0.25) is 0 Å². The van der Waals surface area contributed by atoms with Crippen LogP contribution in [0, 0.1) is 5.82 Å². The van der Waals surface area contributed by atoms with Gasteiger partial charge in [0.05, 0.1) is 0 Å². The maximum atomic E-state index is 13.0. The van der Waals surface area contributed by atoms with Crippen LogP contribution in [0.3, 0.4) is 0 Å². The Labute approximate surface area is 186 Å². The number of hydrogen-bond donors (Lipinski definition) is 2. The second-order valence-corrected chi connectivity index (χ2v) is 7.68. The van der Waals surface area contributed by atoms with Gasteiger partial charge in [-0.3, -0.25) is 14.9 Å². The summed E-state index contributed by atoms with van der Waals surface area (Å²) in [5, 5.41) is 11.7. The van der Waals surface area contributed by atoms with E-state index < -0.39 is 0 Å². The molecule has 0 saturated heterocycles. The van der Waals surface area contributed by atoms with Gasteiger partial charge in [-0.2, -0.15) is 4.98 Å². The molecule has 0 unspecified atom stereocenters. The molecule has 32 heavy (non-hydrogen) atoms. The van der Waals surface area contributed by atoms with Crippen molar-refractivity contribution >= 4 is 34.0 Å². The zero-order valence-corrected chi connectivity index (χ0v) is 17.6. The van der Waals surface area contributed by atoms with Gasteiger partial charge in [-0.25, -0.2) is 9.37 Å². The van der Waals surface area contributed by atoms with Crippen molar-refractivity contribution in [2.24, 2.45) is 0 Å². The zero-order valence-electron chi connectivity index (χ0n) is 16.7. The minimum Gasteiger partial charge on any atom is -0.339 e. The van der Waals surface area contributed by atoms with Crippen LogP contribution in [0.4, 0.5) is 15.2 Å². The monoisotopic (exact) mass is 451 g/mol. The van der Waals surface area contributed by atoms with Crippen LogP contribution < -0.4 is 10.6 Å². The summed E-state index contributed by atoms with van der Waals surface area (Å²) in [5.74, 6) is 0.0221. The lowest BCUT2D eigenvalue weighted by Gasteiger charge is -2.06. The molecule has 0 spiro atoms. The summed E-state index contributed by atoms with van der Waals surface area (Å²) < 4.78 is 18.2. The van der Waals surface area contributed by atoms with Crippen LogP contribution in [-0.2, 0) is 11.2 Å². The maximum absolute atomic E-state index is 13.0. The summed E-state index contributed by atoms with van der Waals surface area (Å²) in [4.78, 5) is 32.6. The molecule has 0 radical (unpaired) electrons. The molecular weight excluding hydrogens is 433 g/mol. The molecule has 0 saturated carbocycles. The standard InChI is InChI=1S/C22H18FN5O3S/c23-16-8-4-14(5-9-16)20-26-19(31-28-20)3-1-2-18(29)25-17-10-6-15(7-11-17)21(30)27-22-24-12-13-32-22/h4-13H,1-3H2,(H,25,29)(H,24,27,30). The van der Waals surface area contributed by atoms with E-state index in [0.717, 1.165) is 0 Å². The first-order valence-electron chi connectivity index (χ1n) is 9.76. The van der Waals surface area contributed by atoms with Crippen LogP contribution >= 0.6 is 11.3 Å². The Morgan fingerprint density at radius 2 is 1.81 bits per heavy atom. The predicted octanol–water partition coefficient (Wildman–Crippen LogP) is 4.55. The number of anilines is 2. The first-order chi connectivity index (χ1) is 15.6. The number of nitrogens with one attached hydrogen (secondary N) is 2. The van der Waals surface area contributed by atoms with E-state index in [1.165, 1.54) is 23.5 Å². The maximum Gasteiger partial charge on any atom is 0.257 e. The van der Waals surface area contributed by atoms with Crippen LogP contribution in [0.5, 0.6) is 0 Å². The van der Waals surface area contributed by atoms with Gasteiger partial charge >= 0.3 is 0 Å². The van der Waals surface area contributed by atoms with E-state index in [4.69, 9.17) is 4.52 Å². The van der Waals surface area contributed by atoms with Crippen molar-refractivity contribution in [3.8, 4) is 11.4 Å². The highest BCUT2D eigenvalue weighted by Gasteiger charge is 2.11. The van der Waals surface area contributed by atoms with Crippen LogP contribution in [0.25, 0.3) is 11.4 Å². The number of halogens is 1. The number of aryl methyl sites for hydroxylation is 1. The number of benzene rings is 2. The lowest BCUT2D eigenvalue weighted by molar-refractivity contribution is -0.116. The van der Waals surface area contributed by atoms with E-state index in [2.05, 4.69) is 25.8 Å². The topological polar surface area (TPSA) is 110 Å². The summed E-state index contributed by atoms with van der Waals surface area (Å²) in [6, 6.07) is 12.4. The molecule has 0 atom stereocenters. The number of hydrogen-bond acceptors (Lipinski definition) is 7. The van der Waals surface area contributed by atoms with E-state index in [-0.39, 0.29) is 24.1 Å². The third kappa shape index (κ3) is 5.61. The lowest BCUT2D eigenvalue weighted by atomic mass is 10.2. The quantitative estimate of drug-likeness (QED) is 0.407. The molecule has 0 aliphatic heterocycles. The highest BCUT2D eigenvalue weighted by molar-refractivity contribution is 7.13. The predicted molar refractivity (Wildman–Crippen MR) is 118 cm³/mol. The number of nitrogens with zero attached hydrogens (tertiary/aromatic N) is 3. The fraction of sp³-hybridized carbons (Fsp3) is 0.136. The first-order valence-corrected chi connectivity index (χ1v) is 10.6. The average Bonchev–Trinajstić information content (AvgIpc) is 3.47. The Kier molecular flexibility index (Phi) is 6.61. The molecule has 0 aliphatic carbocycles. The number of carbonyl (C=O) groups is 2. The van der Waals surface area contributed by atoms with Gasteiger partial charge in [0.1, 0.15) is 5.82 Å². The van der Waals surface area contributed by atoms with E-state index >= 15 is 0 Å². The van der Waals surface area contributed by atoms with Crippen molar-refractivity contribution in [3.05, 3.63) is 77.4 Å². The summed E-state index contributed by atoms with van der Waals surface area (Å²) in [7, 11) is 0. The largest absolute Gasteiger partial charge is 0.339 e. The molecule has 2 amide bonds. The van der Waals surface area contributed by atoms with Gasteiger partial charge in [0.2, 0.25) is 17.6 Å². The molecule has 8 nitrogen and oxygen atoms in total. The van der Waals surface area contributed by atoms with Crippen LogP contribution in [0.1, 0.15) is 29.1 Å². The summed E-state index contributed by atoms with van der Waals surface area (Å²) in [5.41, 5.74) is 1.71.